The lowest BCUT2D eigenvalue weighted by molar-refractivity contribution is -0.135. The van der Waals surface area contributed by atoms with Crippen molar-refractivity contribution in [2.24, 2.45) is 23.5 Å². The van der Waals surface area contributed by atoms with Crippen LogP contribution in [-0.4, -0.2) is 23.5 Å². The van der Waals surface area contributed by atoms with Crippen molar-refractivity contribution < 1.29 is 19.2 Å². The van der Waals surface area contributed by atoms with E-state index in [1.807, 2.05) is 66.7 Å². The maximum absolute atomic E-state index is 14.9. The molecular formula is C40H39N3O4. The number of hydrogen-bond acceptors (Lipinski definition) is 4. The zero-order valence-electron chi connectivity index (χ0n) is 26.3. The number of fused-ring (bicyclic) bond motifs is 3. The van der Waals surface area contributed by atoms with Crippen molar-refractivity contribution in [2.75, 3.05) is 4.90 Å². The highest BCUT2D eigenvalue weighted by atomic mass is 16.2. The van der Waals surface area contributed by atoms with Gasteiger partial charge in [-0.15, -0.1) is 6.58 Å². The van der Waals surface area contributed by atoms with Gasteiger partial charge in [0.05, 0.1) is 17.5 Å². The van der Waals surface area contributed by atoms with E-state index in [1.165, 1.54) is 0 Å². The van der Waals surface area contributed by atoms with Gasteiger partial charge in [-0.2, -0.15) is 0 Å². The predicted molar refractivity (Wildman–Crippen MR) is 184 cm³/mol. The van der Waals surface area contributed by atoms with Crippen LogP contribution in [0, 0.1) is 17.8 Å². The van der Waals surface area contributed by atoms with Crippen molar-refractivity contribution in [3.63, 3.8) is 0 Å². The number of amides is 3. The minimum Gasteiger partial charge on any atom is -0.369 e. The fourth-order valence-corrected chi connectivity index (χ4v) is 7.19. The molecule has 2 aliphatic rings. The van der Waals surface area contributed by atoms with Crippen molar-refractivity contribution in [2.45, 2.75) is 44.6 Å². The van der Waals surface area contributed by atoms with Crippen molar-refractivity contribution >= 4 is 34.9 Å². The number of nitrogens with zero attached hydrogens (tertiary/aromatic N) is 1. The quantitative estimate of drug-likeness (QED) is 0.135. The van der Waals surface area contributed by atoms with Gasteiger partial charge in [-0.05, 0) is 48.1 Å². The van der Waals surface area contributed by atoms with Crippen molar-refractivity contribution in [3.8, 4) is 11.1 Å². The molecule has 1 unspecified atom stereocenters. The molecule has 0 saturated heterocycles. The van der Waals surface area contributed by atoms with Gasteiger partial charge in [-0.3, -0.25) is 24.1 Å². The number of ketones is 1. The molecule has 47 heavy (non-hydrogen) atoms. The third-order valence-corrected chi connectivity index (χ3v) is 9.53. The van der Waals surface area contributed by atoms with Gasteiger partial charge < -0.3 is 11.1 Å². The smallest absolute Gasteiger partial charge is 0.258 e. The van der Waals surface area contributed by atoms with Gasteiger partial charge in [0.2, 0.25) is 11.8 Å². The first-order chi connectivity index (χ1) is 22.9. The molecule has 1 saturated carbocycles. The van der Waals surface area contributed by atoms with Gasteiger partial charge in [0.1, 0.15) is 6.04 Å². The van der Waals surface area contributed by atoms with Gasteiger partial charge in [-0.25, -0.2) is 0 Å². The van der Waals surface area contributed by atoms with E-state index in [0.29, 0.717) is 40.4 Å². The first-order valence-corrected chi connectivity index (χ1v) is 16.3. The predicted octanol–water partition coefficient (Wildman–Crippen LogP) is 7.29. The van der Waals surface area contributed by atoms with E-state index in [2.05, 4.69) is 11.9 Å². The molecule has 1 heterocycles. The van der Waals surface area contributed by atoms with Gasteiger partial charge >= 0.3 is 0 Å². The zero-order valence-corrected chi connectivity index (χ0v) is 26.3. The number of carbonyl (C=O) groups is 4. The summed E-state index contributed by atoms with van der Waals surface area (Å²) < 4.78 is 0. The summed E-state index contributed by atoms with van der Waals surface area (Å²) in [5.41, 5.74) is 10.3. The number of anilines is 2. The van der Waals surface area contributed by atoms with Crippen LogP contribution in [0.2, 0.25) is 0 Å². The first kappa shape index (κ1) is 31.7. The molecule has 4 aromatic rings. The Hall–Kier alpha value is -5.30. The maximum atomic E-state index is 14.9. The number of nitrogens with one attached hydrogen (secondary N) is 1. The Morgan fingerprint density at radius 3 is 2.21 bits per heavy atom. The van der Waals surface area contributed by atoms with Crippen LogP contribution in [0.15, 0.2) is 116 Å². The molecule has 7 nitrogen and oxygen atoms in total. The summed E-state index contributed by atoms with van der Waals surface area (Å²) in [7, 11) is 0. The summed E-state index contributed by atoms with van der Waals surface area (Å²) in [6.45, 7) is 3.81. The molecule has 1 aliphatic carbocycles. The van der Waals surface area contributed by atoms with E-state index < -0.39 is 23.8 Å². The molecule has 4 aromatic carbocycles. The number of carbonyl (C=O) groups excluding carboxylic acids is 4. The molecule has 3 N–H and O–H groups in total. The molecule has 3 amide bonds. The first-order valence-electron chi connectivity index (χ1n) is 16.3. The summed E-state index contributed by atoms with van der Waals surface area (Å²) in [5.74, 6) is -2.61. The van der Waals surface area contributed by atoms with Gasteiger partial charge in [0.15, 0.2) is 5.78 Å². The van der Waals surface area contributed by atoms with Crippen LogP contribution in [0.1, 0.15) is 66.1 Å². The topological polar surface area (TPSA) is 110 Å². The lowest BCUT2D eigenvalue weighted by Crippen LogP contribution is -2.46. The van der Waals surface area contributed by atoms with Crippen LogP contribution in [-0.2, 0) is 14.4 Å². The fraction of sp³-hybridized carbons (Fsp3) is 0.250. The third-order valence-electron chi connectivity index (χ3n) is 9.53. The van der Waals surface area contributed by atoms with Crippen LogP contribution in [0.5, 0.6) is 0 Å². The summed E-state index contributed by atoms with van der Waals surface area (Å²) >= 11 is 0. The van der Waals surface area contributed by atoms with Crippen molar-refractivity contribution in [3.05, 3.63) is 132 Å². The minimum atomic E-state index is -1.07. The highest BCUT2D eigenvalue weighted by Crippen LogP contribution is 2.44. The number of primary amides is 1. The average Bonchev–Trinajstić information content (AvgIpc) is 3.59. The van der Waals surface area contributed by atoms with E-state index in [9.17, 15) is 19.2 Å². The monoisotopic (exact) mass is 625 g/mol. The van der Waals surface area contributed by atoms with E-state index >= 15 is 0 Å². The second kappa shape index (κ2) is 14.0. The molecular weight excluding hydrogens is 586 g/mol. The van der Waals surface area contributed by atoms with E-state index in [-0.39, 0.29) is 24.0 Å². The standard InChI is InChI=1S/C40H39N3O4/c1-2-13-33(38(41)45)34(24-26-14-6-7-15-26)39(46)42-36-32-22-9-8-20-30(32)31-21-10-11-23-35(31)43(40(36)47)29-19-12-18-28(25-29)37(44)27-16-4-3-5-17-27/h2-5,8-12,16-23,25-26,33-34,36H,1,6-7,13-15,24H2,(H2,41,45)(H,42,46)/t33-,34+,36?/m0/s1. The van der Waals surface area contributed by atoms with Crippen LogP contribution >= 0.6 is 0 Å². The Morgan fingerprint density at radius 1 is 0.830 bits per heavy atom. The summed E-state index contributed by atoms with van der Waals surface area (Å²) in [4.78, 5) is 56.9. The molecule has 0 spiro atoms. The molecule has 7 heteroatoms. The lowest BCUT2D eigenvalue weighted by atomic mass is 9.80. The molecule has 0 aromatic heterocycles. The average molecular weight is 626 g/mol. The number of allylic oxidation sites excluding steroid dienone is 1. The number of hydrogen-bond donors (Lipinski definition) is 2. The Kier molecular flexibility index (Phi) is 9.43. The third kappa shape index (κ3) is 6.52. The molecule has 6 rings (SSSR count). The van der Waals surface area contributed by atoms with Crippen LogP contribution in [0.3, 0.4) is 0 Å². The van der Waals surface area contributed by atoms with E-state index in [0.717, 1.165) is 36.8 Å². The molecule has 0 bridgehead atoms. The summed E-state index contributed by atoms with van der Waals surface area (Å²) in [6, 6.07) is 30.1. The van der Waals surface area contributed by atoms with Crippen LogP contribution in [0.25, 0.3) is 11.1 Å². The highest BCUT2D eigenvalue weighted by Gasteiger charge is 2.40. The largest absolute Gasteiger partial charge is 0.369 e. The summed E-state index contributed by atoms with van der Waals surface area (Å²) in [6.07, 6.45) is 6.59. The number of rotatable bonds is 11. The number of benzene rings is 4. The molecule has 3 atom stereocenters. The second-order valence-electron chi connectivity index (χ2n) is 12.5. The van der Waals surface area contributed by atoms with Gasteiger partial charge in [0.25, 0.3) is 5.91 Å². The Bertz CT molecular complexity index is 1810. The Balaban J connectivity index is 1.43. The van der Waals surface area contributed by atoms with Gasteiger partial charge in [-0.1, -0.05) is 117 Å². The second-order valence-corrected chi connectivity index (χ2v) is 12.5. The van der Waals surface area contributed by atoms with Crippen molar-refractivity contribution in [1.82, 2.24) is 5.32 Å². The fourth-order valence-electron chi connectivity index (χ4n) is 7.19. The molecule has 1 fully saturated rings. The van der Waals surface area contributed by atoms with E-state index in [4.69, 9.17) is 5.73 Å². The lowest BCUT2D eigenvalue weighted by Gasteiger charge is -2.30. The van der Waals surface area contributed by atoms with Gasteiger partial charge in [0, 0.05) is 22.4 Å². The minimum absolute atomic E-state index is 0.161. The van der Waals surface area contributed by atoms with Crippen LogP contribution in [0.4, 0.5) is 11.4 Å². The Labute approximate surface area is 275 Å². The normalized spacial score (nSPS) is 17.1. The maximum Gasteiger partial charge on any atom is 0.258 e. The zero-order chi connectivity index (χ0) is 32.9. The number of para-hydroxylation sites is 1. The summed E-state index contributed by atoms with van der Waals surface area (Å²) in [5, 5.41) is 3.09. The Morgan fingerprint density at radius 2 is 1.49 bits per heavy atom. The molecule has 238 valence electrons. The highest BCUT2D eigenvalue weighted by molar-refractivity contribution is 6.13. The molecule has 1 aliphatic heterocycles. The SMILES string of the molecule is C=CC[C@H](C(N)=O)[C@@H](CC1CCCC1)C(=O)NC1C(=O)N(c2cccc(C(=O)c3ccccc3)c2)c2ccccc2-c2ccccc21. The molecule has 0 radical (unpaired) electrons. The van der Waals surface area contributed by atoms with Crippen LogP contribution < -0.4 is 16.0 Å². The number of nitrogens with two attached hydrogens (primary N) is 1. The van der Waals surface area contributed by atoms with E-state index in [1.54, 1.807) is 47.4 Å². The van der Waals surface area contributed by atoms with Crippen molar-refractivity contribution in [1.29, 1.82) is 0 Å².